The van der Waals surface area contributed by atoms with E-state index in [1.54, 1.807) is 49.7 Å². The fourth-order valence-corrected chi connectivity index (χ4v) is 4.76. The summed E-state index contributed by atoms with van der Waals surface area (Å²) in [6, 6.07) is 16.7. The summed E-state index contributed by atoms with van der Waals surface area (Å²) < 4.78 is 38.8. The SMILES string of the molecule is COc1ccc(-n2cc(-c3ccccc3S(=O)(=O)c3ccc(C(=O)O)cc3)nn2)c(OC)c1. The van der Waals surface area contributed by atoms with E-state index < -0.39 is 15.8 Å². The molecule has 168 valence electrons. The van der Waals surface area contributed by atoms with Gasteiger partial charge in [-0.1, -0.05) is 23.4 Å². The first-order valence-electron chi connectivity index (χ1n) is 9.67. The molecule has 0 fully saturated rings. The molecule has 1 N–H and O–H groups in total. The highest BCUT2D eigenvalue weighted by molar-refractivity contribution is 7.91. The van der Waals surface area contributed by atoms with Gasteiger partial charge in [0.2, 0.25) is 9.84 Å². The van der Waals surface area contributed by atoms with Crippen molar-refractivity contribution in [3.63, 3.8) is 0 Å². The zero-order valence-electron chi connectivity index (χ0n) is 17.7. The molecule has 0 unspecified atom stereocenters. The summed E-state index contributed by atoms with van der Waals surface area (Å²) in [5.41, 5.74) is 1.30. The van der Waals surface area contributed by atoms with Gasteiger partial charge in [0.15, 0.2) is 0 Å². The van der Waals surface area contributed by atoms with E-state index in [0.717, 1.165) is 0 Å². The van der Waals surface area contributed by atoms with Crippen LogP contribution in [0.4, 0.5) is 0 Å². The third-order valence-electron chi connectivity index (χ3n) is 4.99. The molecule has 0 aliphatic rings. The van der Waals surface area contributed by atoms with Crippen LogP contribution in [0.3, 0.4) is 0 Å². The van der Waals surface area contributed by atoms with Gasteiger partial charge in [-0.25, -0.2) is 17.9 Å². The van der Waals surface area contributed by atoms with Gasteiger partial charge in [-0.3, -0.25) is 0 Å². The molecule has 0 aliphatic carbocycles. The Balaban J connectivity index is 1.76. The van der Waals surface area contributed by atoms with Gasteiger partial charge in [0.1, 0.15) is 22.9 Å². The molecule has 3 aromatic carbocycles. The van der Waals surface area contributed by atoms with Crippen LogP contribution >= 0.6 is 0 Å². The molecule has 10 heteroatoms. The Morgan fingerprint density at radius 1 is 0.970 bits per heavy atom. The molecule has 0 radical (unpaired) electrons. The van der Waals surface area contributed by atoms with Crippen LogP contribution in [0, 0.1) is 0 Å². The summed E-state index contributed by atoms with van der Waals surface area (Å²) in [6.07, 6.45) is 1.60. The number of benzene rings is 3. The number of nitrogens with zero attached hydrogens (tertiary/aromatic N) is 3. The van der Waals surface area contributed by atoms with Crippen molar-refractivity contribution in [2.75, 3.05) is 14.2 Å². The summed E-state index contributed by atoms with van der Waals surface area (Å²) in [7, 11) is -0.877. The average Bonchev–Trinajstić information content (AvgIpc) is 3.33. The Morgan fingerprint density at radius 3 is 2.36 bits per heavy atom. The van der Waals surface area contributed by atoms with Crippen LogP contribution in [0.15, 0.2) is 82.7 Å². The number of rotatable bonds is 7. The second-order valence-corrected chi connectivity index (χ2v) is 8.83. The Labute approximate surface area is 189 Å². The predicted molar refractivity (Wildman–Crippen MR) is 119 cm³/mol. The van der Waals surface area contributed by atoms with E-state index in [1.165, 1.54) is 42.1 Å². The summed E-state index contributed by atoms with van der Waals surface area (Å²) in [4.78, 5) is 11.1. The van der Waals surface area contributed by atoms with Crippen LogP contribution in [0.1, 0.15) is 10.4 Å². The lowest BCUT2D eigenvalue weighted by Crippen LogP contribution is -2.05. The maximum atomic E-state index is 13.3. The lowest BCUT2D eigenvalue weighted by atomic mass is 10.2. The van der Waals surface area contributed by atoms with Gasteiger partial charge < -0.3 is 14.6 Å². The summed E-state index contributed by atoms with van der Waals surface area (Å²) >= 11 is 0. The quantitative estimate of drug-likeness (QED) is 0.440. The van der Waals surface area contributed by atoms with Crippen molar-refractivity contribution >= 4 is 15.8 Å². The molecule has 0 saturated heterocycles. The Hall–Kier alpha value is -4.18. The normalized spacial score (nSPS) is 11.2. The molecule has 0 saturated carbocycles. The first kappa shape index (κ1) is 22.0. The fourth-order valence-electron chi connectivity index (χ4n) is 3.30. The lowest BCUT2D eigenvalue weighted by Gasteiger charge is -2.10. The van der Waals surface area contributed by atoms with Crippen LogP contribution in [-0.4, -0.2) is 48.7 Å². The minimum atomic E-state index is -3.95. The van der Waals surface area contributed by atoms with E-state index in [0.29, 0.717) is 28.4 Å². The van der Waals surface area contributed by atoms with E-state index in [4.69, 9.17) is 14.6 Å². The molecular formula is C23H19N3O6S. The summed E-state index contributed by atoms with van der Waals surface area (Å²) in [5.74, 6) is -0.0172. The number of carboxylic acids is 1. The molecule has 0 amide bonds. The zero-order chi connectivity index (χ0) is 23.6. The Kier molecular flexibility index (Phi) is 5.84. The number of hydrogen-bond donors (Lipinski definition) is 1. The van der Waals surface area contributed by atoms with Crippen molar-refractivity contribution in [1.29, 1.82) is 0 Å². The van der Waals surface area contributed by atoms with Crippen molar-refractivity contribution < 1.29 is 27.8 Å². The maximum Gasteiger partial charge on any atom is 0.335 e. The van der Waals surface area contributed by atoms with Crippen LogP contribution in [-0.2, 0) is 9.84 Å². The van der Waals surface area contributed by atoms with Gasteiger partial charge >= 0.3 is 5.97 Å². The smallest absolute Gasteiger partial charge is 0.335 e. The molecule has 1 aromatic heterocycles. The van der Waals surface area contributed by atoms with E-state index in [1.807, 2.05) is 0 Å². The number of ether oxygens (including phenoxy) is 2. The highest BCUT2D eigenvalue weighted by atomic mass is 32.2. The van der Waals surface area contributed by atoms with Gasteiger partial charge in [-0.05, 0) is 42.5 Å². The number of sulfone groups is 1. The number of aromatic nitrogens is 3. The molecule has 1 heterocycles. The number of carboxylic acid groups (broad SMARTS) is 1. The second kappa shape index (κ2) is 8.75. The van der Waals surface area contributed by atoms with Crippen LogP contribution in [0.2, 0.25) is 0 Å². The topological polar surface area (TPSA) is 121 Å². The molecule has 0 bridgehead atoms. The summed E-state index contributed by atoms with van der Waals surface area (Å²) in [6.45, 7) is 0. The molecular weight excluding hydrogens is 446 g/mol. The average molecular weight is 465 g/mol. The second-order valence-electron chi connectivity index (χ2n) is 6.92. The molecule has 4 aromatic rings. The van der Waals surface area contributed by atoms with Gasteiger partial charge in [0.25, 0.3) is 0 Å². The third-order valence-corrected chi connectivity index (χ3v) is 6.82. The van der Waals surface area contributed by atoms with Gasteiger partial charge in [-0.15, -0.1) is 5.10 Å². The van der Waals surface area contributed by atoms with Gasteiger partial charge in [-0.2, -0.15) is 0 Å². The van der Waals surface area contributed by atoms with E-state index >= 15 is 0 Å². The van der Waals surface area contributed by atoms with Crippen LogP contribution in [0.5, 0.6) is 11.5 Å². The summed E-state index contributed by atoms with van der Waals surface area (Å²) in [5, 5.41) is 17.4. The number of hydrogen-bond acceptors (Lipinski definition) is 7. The van der Waals surface area contributed by atoms with E-state index in [-0.39, 0.29) is 15.4 Å². The molecule has 0 aliphatic heterocycles. The molecule has 9 nitrogen and oxygen atoms in total. The Morgan fingerprint density at radius 2 is 1.70 bits per heavy atom. The van der Waals surface area contributed by atoms with Gasteiger partial charge in [0.05, 0.1) is 35.8 Å². The van der Waals surface area contributed by atoms with Crippen LogP contribution in [0.25, 0.3) is 16.9 Å². The van der Waals surface area contributed by atoms with Crippen molar-refractivity contribution in [3.05, 3.63) is 78.5 Å². The van der Waals surface area contributed by atoms with Crippen molar-refractivity contribution in [2.45, 2.75) is 9.79 Å². The monoisotopic (exact) mass is 465 g/mol. The minimum Gasteiger partial charge on any atom is -0.497 e. The first-order chi connectivity index (χ1) is 15.8. The highest BCUT2D eigenvalue weighted by Gasteiger charge is 2.24. The van der Waals surface area contributed by atoms with Crippen molar-refractivity contribution in [3.8, 4) is 28.4 Å². The third kappa shape index (κ3) is 4.15. The number of aromatic carboxylic acids is 1. The molecule has 33 heavy (non-hydrogen) atoms. The van der Waals surface area contributed by atoms with Crippen molar-refractivity contribution in [1.82, 2.24) is 15.0 Å². The standard InChI is InChI=1S/C23H19N3O6S/c1-31-16-9-12-20(21(13-16)32-2)26-14-19(24-25-26)18-5-3-4-6-22(18)33(29,30)17-10-7-15(8-11-17)23(27)28/h3-14H,1-2H3,(H,27,28). The van der Waals surface area contributed by atoms with E-state index in [2.05, 4.69) is 10.3 Å². The molecule has 0 atom stereocenters. The number of carbonyl (C=O) groups is 1. The fraction of sp³-hybridized carbons (Fsp3) is 0.0870. The Bertz CT molecular complexity index is 1430. The largest absolute Gasteiger partial charge is 0.497 e. The van der Waals surface area contributed by atoms with Gasteiger partial charge in [0, 0.05) is 11.6 Å². The zero-order valence-corrected chi connectivity index (χ0v) is 18.5. The van der Waals surface area contributed by atoms with Crippen LogP contribution < -0.4 is 9.47 Å². The lowest BCUT2D eigenvalue weighted by molar-refractivity contribution is 0.0696. The van der Waals surface area contributed by atoms with E-state index in [9.17, 15) is 13.2 Å². The predicted octanol–water partition coefficient (Wildman–Crippen LogP) is 3.48. The highest BCUT2D eigenvalue weighted by Crippen LogP contribution is 2.32. The first-order valence-corrected chi connectivity index (χ1v) is 11.2. The van der Waals surface area contributed by atoms with Crippen molar-refractivity contribution in [2.24, 2.45) is 0 Å². The molecule has 0 spiro atoms. The molecule has 4 rings (SSSR count). The maximum absolute atomic E-state index is 13.3. The number of methoxy groups -OCH3 is 2. The minimum absolute atomic E-state index is 0.00128.